The minimum Gasteiger partial charge on any atom is -0.418 e. The van der Waals surface area contributed by atoms with Gasteiger partial charge in [0.1, 0.15) is 0 Å². The van der Waals surface area contributed by atoms with Crippen molar-refractivity contribution in [3.63, 3.8) is 0 Å². The van der Waals surface area contributed by atoms with E-state index in [0.29, 0.717) is 25.0 Å². The maximum atomic E-state index is 5.69. The zero-order chi connectivity index (χ0) is 14.7. The van der Waals surface area contributed by atoms with Crippen molar-refractivity contribution >= 4 is 12.2 Å². The summed E-state index contributed by atoms with van der Waals surface area (Å²) in [5, 5.41) is 8.13. The van der Waals surface area contributed by atoms with Gasteiger partial charge in [-0.2, -0.15) is 0 Å². The second-order valence-electron chi connectivity index (χ2n) is 5.01. The molecule has 1 saturated heterocycles. The van der Waals surface area contributed by atoms with Gasteiger partial charge in [0, 0.05) is 32.0 Å². The first-order chi connectivity index (χ1) is 10.2. The first kappa shape index (κ1) is 13.9. The van der Waals surface area contributed by atoms with Crippen molar-refractivity contribution in [2.24, 2.45) is 0 Å². The van der Waals surface area contributed by atoms with Gasteiger partial charge in [0.2, 0.25) is 5.89 Å². The molecule has 21 heavy (non-hydrogen) atoms. The van der Waals surface area contributed by atoms with Crippen molar-refractivity contribution in [3.8, 4) is 0 Å². The Kier molecular flexibility index (Phi) is 3.81. The summed E-state index contributed by atoms with van der Waals surface area (Å²) in [5.74, 6) is 0.904. The number of rotatable bonds is 4. The lowest BCUT2D eigenvalue weighted by atomic mass is 10.0. The van der Waals surface area contributed by atoms with Crippen molar-refractivity contribution in [1.82, 2.24) is 15.2 Å². The summed E-state index contributed by atoms with van der Waals surface area (Å²) in [4.78, 5) is 4.10. The molecule has 110 valence electrons. The van der Waals surface area contributed by atoms with E-state index >= 15 is 0 Å². The van der Waals surface area contributed by atoms with Gasteiger partial charge in [0.15, 0.2) is 5.60 Å². The summed E-state index contributed by atoms with van der Waals surface area (Å²) in [6.07, 6.45) is 7.96. The Morgan fingerprint density at radius 3 is 2.95 bits per heavy atom. The fourth-order valence-electron chi connectivity index (χ4n) is 2.26. The van der Waals surface area contributed by atoms with E-state index in [1.807, 2.05) is 19.1 Å². The van der Waals surface area contributed by atoms with E-state index < -0.39 is 5.60 Å². The van der Waals surface area contributed by atoms with Gasteiger partial charge in [-0.25, -0.2) is 0 Å². The second kappa shape index (κ2) is 5.75. The fraction of sp³-hybridized carbons (Fsp3) is 0.400. The topological polar surface area (TPSA) is 70.3 Å². The maximum Gasteiger partial charge on any atom is 0.251 e. The third-order valence-corrected chi connectivity index (χ3v) is 3.69. The van der Waals surface area contributed by atoms with E-state index in [9.17, 15) is 0 Å². The average molecular weight is 287 g/mol. The molecule has 0 aliphatic carbocycles. The fourth-order valence-corrected chi connectivity index (χ4v) is 2.26. The summed E-state index contributed by atoms with van der Waals surface area (Å²) in [7, 11) is 1.63. The Morgan fingerprint density at radius 1 is 1.33 bits per heavy atom. The Bertz CT molecular complexity index is 645. The van der Waals surface area contributed by atoms with E-state index in [2.05, 4.69) is 15.2 Å². The van der Waals surface area contributed by atoms with Crippen LogP contribution < -0.4 is 0 Å². The molecule has 6 heteroatoms. The first-order valence-electron chi connectivity index (χ1n) is 6.79. The van der Waals surface area contributed by atoms with E-state index in [1.54, 1.807) is 25.6 Å². The molecule has 0 bridgehead atoms. The molecule has 1 aliphatic heterocycles. The molecule has 1 unspecified atom stereocenters. The molecular weight excluding hydrogens is 270 g/mol. The quantitative estimate of drug-likeness (QED) is 0.858. The van der Waals surface area contributed by atoms with Crippen molar-refractivity contribution in [2.75, 3.05) is 20.3 Å². The van der Waals surface area contributed by atoms with Gasteiger partial charge in [0.25, 0.3) is 5.89 Å². The highest BCUT2D eigenvalue weighted by Crippen LogP contribution is 2.33. The van der Waals surface area contributed by atoms with Crippen LogP contribution in [0.15, 0.2) is 22.9 Å². The Balaban J connectivity index is 1.81. The van der Waals surface area contributed by atoms with E-state index in [1.165, 1.54) is 0 Å². The second-order valence-corrected chi connectivity index (χ2v) is 5.01. The molecular formula is C15H17N3O3. The largest absolute Gasteiger partial charge is 0.418 e. The molecule has 3 rings (SSSR count). The molecule has 0 N–H and O–H groups in total. The Hall–Kier alpha value is -2.05. The van der Waals surface area contributed by atoms with Crippen molar-refractivity contribution in [1.29, 1.82) is 0 Å². The molecule has 1 fully saturated rings. The van der Waals surface area contributed by atoms with E-state index in [-0.39, 0.29) is 0 Å². The van der Waals surface area contributed by atoms with Gasteiger partial charge in [-0.15, -0.1) is 10.2 Å². The minimum absolute atomic E-state index is 0.441. The lowest BCUT2D eigenvalue weighted by Gasteiger charge is -2.20. The van der Waals surface area contributed by atoms with Crippen molar-refractivity contribution in [3.05, 3.63) is 41.4 Å². The third kappa shape index (κ3) is 2.72. The van der Waals surface area contributed by atoms with Crippen LogP contribution >= 0.6 is 0 Å². The van der Waals surface area contributed by atoms with Gasteiger partial charge in [-0.05, 0) is 30.2 Å². The zero-order valence-corrected chi connectivity index (χ0v) is 12.1. The molecule has 2 aromatic rings. The summed E-state index contributed by atoms with van der Waals surface area (Å²) >= 11 is 0. The van der Waals surface area contributed by atoms with Crippen LogP contribution in [0.4, 0.5) is 0 Å². The first-order valence-corrected chi connectivity index (χ1v) is 6.79. The third-order valence-electron chi connectivity index (χ3n) is 3.69. The van der Waals surface area contributed by atoms with Gasteiger partial charge in [-0.1, -0.05) is 0 Å². The molecule has 0 radical (unpaired) electrons. The molecule has 0 amide bonds. The number of hydrogen-bond acceptors (Lipinski definition) is 6. The van der Waals surface area contributed by atoms with Crippen LogP contribution in [0.25, 0.3) is 12.2 Å². The number of aryl methyl sites for hydroxylation is 1. The van der Waals surface area contributed by atoms with Crippen LogP contribution in [0.2, 0.25) is 0 Å². The van der Waals surface area contributed by atoms with Crippen LogP contribution in [-0.2, 0) is 15.1 Å². The number of methoxy groups -OCH3 is 1. The molecule has 0 aromatic carbocycles. The van der Waals surface area contributed by atoms with Gasteiger partial charge in [-0.3, -0.25) is 4.98 Å². The minimum atomic E-state index is -0.608. The monoisotopic (exact) mass is 287 g/mol. The van der Waals surface area contributed by atoms with Crippen LogP contribution in [0, 0.1) is 6.92 Å². The van der Waals surface area contributed by atoms with Crippen LogP contribution in [-0.4, -0.2) is 35.5 Å². The molecule has 0 spiro atoms. The average Bonchev–Trinajstić information content (AvgIpc) is 3.16. The Morgan fingerprint density at radius 2 is 2.24 bits per heavy atom. The number of aromatic nitrogens is 3. The van der Waals surface area contributed by atoms with E-state index in [4.69, 9.17) is 13.9 Å². The molecule has 2 aromatic heterocycles. The smallest absolute Gasteiger partial charge is 0.251 e. The highest BCUT2D eigenvalue weighted by atomic mass is 16.6. The molecule has 1 aliphatic rings. The number of ether oxygens (including phenoxy) is 2. The van der Waals surface area contributed by atoms with Crippen molar-refractivity contribution in [2.45, 2.75) is 18.9 Å². The van der Waals surface area contributed by atoms with Crippen LogP contribution in [0.5, 0.6) is 0 Å². The van der Waals surface area contributed by atoms with Gasteiger partial charge in [0.05, 0.1) is 13.2 Å². The van der Waals surface area contributed by atoms with Crippen LogP contribution in [0.1, 0.15) is 29.3 Å². The predicted molar refractivity (Wildman–Crippen MR) is 76.3 cm³/mol. The standard InChI is InChI=1S/C15H17N3O3/c1-11-5-7-16-9-12(11)3-4-13-17-18-14(21-13)15(19-2)6-8-20-10-15/h3-5,7,9H,6,8,10H2,1-2H3. The highest BCUT2D eigenvalue weighted by Gasteiger charge is 2.42. The highest BCUT2D eigenvalue weighted by molar-refractivity contribution is 5.67. The summed E-state index contributed by atoms with van der Waals surface area (Å²) < 4.78 is 16.6. The number of nitrogens with zero attached hydrogens (tertiary/aromatic N) is 3. The van der Waals surface area contributed by atoms with Crippen molar-refractivity contribution < 1.29 is 13.9 Å². The van der Waals surface area contributed by atoms with Gasteiger partial charge >= 0.3 is 0 Å². The number of hydrogen-bond donors (Lipinski definition) is 0. The summed E-state index contributed by atoms with van der Waals surface area (Å²) in [6, 6.07) is 1.95. The SMILES string of the molecule is COC1(c2nnc(C=Cc3cnccc3C)o2)CCOC1. The number of pyridine rings is 1. The molecule has 1 atom stereocenters. The summed E-state index contributed by atoms with van der Waals surface area (Å²) in [5.41, 5.74) is 1.55. The summed E-state index contributed by atoms with van der Waals surface area (Å²) in [6.45, 7) is 3.10. The lowest BCUT2D eigenvalue weighted by Crippen LogP contribution is -2.29. The molecule has 0 saturated carbocycles. The van der Waals surface area contributed by atoms with E-state index in [0.717, 1.165) is 17.5 Å². The molecule has 3 heterocycles. The Labute approximate surface area is 122 Å². The normalized spacial score (nSPS) is 22.2. The predicted octanol–water partition coefficient (Wildman–Crippen LogP) is 2.21. The van der Waals surface area contributed by atoms with Gasteiger partial charge < -0.3 is 13.9 Å². The zero-order valence-electron chi connectivity index (χ0n) is 12.1. The van der Waals surface area contributed by atoms with Crippen LogP contribution in [0.3, 0.4) is 0 Å². The maximum absolute atomic E-state index is 5.69. The lowest BCUT2D eigenvalue weighted by molar-refractivity contribution is -0.0412. The molecule has 6 nitrogen and oxygen atoms in total.